The van der Waals surface area contributed by atoms with Crippen LogP contribution in [0.5, 0.6) is 0 Å². The molecule has 2 aromatic rings. The molecule has 2 rings (SSSR count). The van der Waals surface area contributed by atoms with Crippen LogP contribution in [-0.4, -0.2) is 18.2 Å². The smallest absolute Gasteiger partial charge is 0.280 e. The minimum atomic E-state index is -4.96. The molecule has 0 saturated heterocycles. The molecule has 1 N–H and O–H groups in total. The van der Waals surface area contributed by atoms with Crippen LogP contribution in [0, 0.1) is 10.5 Å². The summed E-state index contributed by atoms with van der Waals surface area (Å²) in [5, 5.41) is 0.902. The van der Waals surface area contributed by atoms with E-state index in [9.17, 15) is 26.0 Å². The second-order valence-corrected chi connectivity index (χ2v) is 5.47. The van der Waals surface area contributed by atoms with Gasteiger partial charge in [-0.2, -0.15) is 21.6 Å². The van der Waals surface area contributed by atoms with Crippen LogP contribution in [-0.2, 0) is 16.5 Å². The molecule has 0 fully saturated rings. The molecule has 21 heavy (non-hydrogen) atoms. The Bertz CT molecular complexity index is 875. The Morgan fingerprint density at radius 3 is 2.33 bits per heavy atom. The van der Waals surface area contributed by atoms with E-state index in [2.05, 4.69) is 5.10 Å². The lowest BCUT2D eigenvalue weighted by Crippen LogP contribution is -2.11. The minimum absolute atomic E-state index is 0.276. The van der Waals surface area contributed by atoms with Crippen molar-refractivity contribution in [2.45, 2.75) is 6.18 Å². The number of hydrogen-bond donors (Lipinski definition) is 1. The van der Waals surface area contributed by atoms with Gasteiger partial charge in [0.15, 0.2) is 10.5 Å². The van der Waals surface area contributed by atoms with E-state index in [-0.39, 0.29) is 10.3 Å². The fourth-order valence-electron chi connectivity index (χ4n) is 1.57. The first kappa shape index (κ1) is 15.9. The van der Waals surface area contributed by atoms with E-state index in [1.807, 2.05) is 0 Å². The van der Waals surface area contributed by atoms with E-state index < -0.39 is 37.9 Å². The van der Waals surface area contributed by atoms with Crippen LogP contribution in [0.4, 0.5) is 17.6 Å². The van der Waals surface area contributed by atoms with Crippen molar-refractivity contribution in [3.8, 4) is 5.69 Å². The van der Waals surface area contributed by atoms with E-state index in [1.165, 1.54) is 0 Å². The quantitative estimate of drug-likeness (QED) is 0.478. The topological polar surface area (TPSA) is 54.9 Å². The van der Waals surface area contributed by atoms with Gasteiger partial charge < -0.3 is 0 Å². The standard InChI is InChI=1S/C10H4Cl2F4N2O2S/c11-5-3-4(10(14,15)16)8(13)7(12)9(5)18-2-1-6(17-18)21(19)20/h1-3,17H. The molecule has 1 aromatic heterocycles. The van der Waals surface area contributed by atoms with Gasteiger partial charge >= 0.3 is 6.18 Å². The zero-order valence-electron chi connectivity index (χ0n) is 9.67. The third kappa shape index (κ3) is 2.94. The van der Waals surface area contributed by atoms with E-state index in [4.69, 9.17) is 23.2 Å². The molecule has 0 aliphatic rings. The van der Waals surface area contributed by atoms with Gasteiger partial charge in [-0.25, -0.2) is 4.39 Å². The number of halogens is 6. The highest BCUT2D eigenvalue weighted by atomic mass is 35.5. The second-order valence-electron chi connectivity index (χ2n) is 3.78. The van der Waals surface area contributed by atoms with E-state index in [0.29, 0.717) is 6.07 Å². The number of nitrogens with one attached hydrogen (secondary N) is 1. The Morgan fingerprint density at radius 2 is 1.86 bits per heavy atom. The average molecular weight is 363 g/mol. The molecule has 114 valence electrons. The SMILES string of the molecule is O=S(=O)=c1ccn(-c2c(Cl)cc(C(F)(F)F)c(F)c2Cl)[nH]1. The van der Waals surface area contributed by atoms with Gasteiger partial charge in [0.05, 0.1) is 10.6 Å². The molecule has 1 heterocycles. The first-order valence-electron chi connectivity index (χ1n) is 5.08. The van der Waals surface area contributed by atoms with Gasteiger partial charge in [-0.1, -0.05) is 23.2 Å². The number of alkyl halides is 3. The van der Waals surface area contributed by atoms with Gasteiger partial charge in [0.1, 0.15) is 10.7 Å². The minimum Gasteiger partial charge on any atom is -0.280 e. The first-order chi connectivity index (χ1) is 9.62. The lowest BCUT2D eigenvalue weighted by molar-refractivity contribution is -0.139. The van der Waals surface area contributed by atoms with E-state index >= 15 is 0 Å². The number of hydrogen-bond acceptors (Lipinski definition) is 2. The number of aromatic nitrogens is 2. The number of rotatable bonds is 1. The third-order valence-electron chi connectivity index (χ3n) is 2.47. The van der Waals surface area contributed by atoms with Crippen molar-refractivity contribution in [1.29, 1.82) is 0 Å². The van der Waals surface area contributed by atoms with Crippen molar-refractivity contribution in [2.75, 3.05) is 0 Å². The van der Waals surface area contributed by atoms with Crippen molar-refractivity contribution < 1.29 is 26.0 Å². The van der Waals surface area contributed by atoms with E-state index in [0.717, 1.165) is 16.9 Å². The first-order valence-corrected chi connectivity index (χ1v) is 6.91. The second kappa shape index (κ2) is 5.39. The van der Waals surface area contributed by atoms with Gasteiger partial charge in [-0.3, -0.25) is 9.78 Å². The Kier molecular flexibility index (Phi) is 4.09. The molecule has 0 bridgehead atoms. The molecular weight excluding hydrogens is 359 g/mol. The lowest BCUT2D eigenvalue weighted by atomic mass is 10.2. The maximum atomic E-state index is 13.7. The summed E-state index contributed by atoms with van der Waals surface area (Å²) >= 11 is 11.3. The molecule has 11 heteroatoms. The van der Waals surface area contributed by atoms with Crippen molar-refractivity contribution in [2.24, 2.45) is 0 Å². The predicted octanol–water partition coefficient (Wildman–Crippen LogP) is 3.68. The third-order valence-corrected chi connectivity index (χ3v) is 3.69. The van der Waals surface area contributed by atoms with Crippen molar-refractivity contribution in [1.82, 2.24) is 9.78 Å². The van der Waals surface area contributed by atoms with Gasteiger partial charge in [0.25, 0.3) is 0 Å². The van der Waals surface area contributed by atoms with Crippen LogP contribution in [0.25, 0.3) is 5.69 Å². The largest absolute Gasteiger partial charge is 0.419 e. The molecule has 0 aliphatic heterocycles. The summed E-state index contributed by atoms with van der Waals surface area (Å²) in [5.41, 5.74) is -1.94. The maximum absolute atomic E-state index is 13.7. The molecule has 0 unspecified atom stereocenters. The number of aromatic amines is 1. The Hall–Kier alpha value is -1.45. The summed E-state index contributed by atoms with van der Waals surface area (Å²) in [6.07, 6.45) is -3.83. The summed E-state index contributed by atoms with van der Waals surface area (Å²) in [7, 11) is -2.61. The Balaban J connectivity index is 2.77. The number of H-pyrrole nitrogens is 1. The van der Waals surface area contributed by atoms with Crippen molar-refractivity contribution in [3.63, 3.8) is 0 Å². The zero-order chi connectivity index (χ0) is 15.9. The predicted molar refractivity (Wildman–Crippen MR) is 67.3 cm³/mol. The highest BCUT2D eigenvalue weighted by Crippen LogP contribution is 2.40. The van der Waals surface area contributed by atoms with Gasteiger partial charge in [-0.05, 0) is 12.1 Å². The zero-order valence-corrected chi connectivity index (χ0v) is 12.0. The molecular formula is C10H4Cl2F4N2O2S. The monoisotopic (exact) mass is 362 g/mol. The summed E-state index contributed by atoms with van der Waals surface area (Å²) < 4.78 is 73.6. The molecule has 4 nitrogen and oxygen atoms in total. The van der Waals surface area contributed by atoms with Crippen LogP contribution in [0.3, 0.4) is 0 Å². The summed E-state index contributed by atoms with van der Waals surface area (Å²) in [6, 6.07) is 1.48. The fourth-order valence-corrected chi connectivity index (χ4v) is 2.55. The van der Waals surface area contributed by atoms with Crippen LogP contribution in [0.1, 0.15) is 5.56 Å². The maximum Gasteiger partial charge on any atom is 0.419 e. The van der Waals surface area contributed by atoms with Crippen LogP contribution in [0.15, 0.2) is 18.3 Å². The Labute approximate surface area is 126 Å². The van der Waals surface area contributed by atoms with Crippen LogP contribution in [0.2, 0.25) is 10.0 Å². The molecule has 1 aromatic carbocycles. The molecule has 0 saturated carbocycles. The van der Waals surface area contributed by atoms with Gasteiger partial charge in [0.2, 0.25) is 10.3 Å². The summed E-state index contributed by atoms with van der Waals surface area (Å²) in [4.78, 5) is 0. The fraction of sp³-hybridized carbons (Fsp3) is 0.100. The molecule has 0 spiro atoms. The molecule has 0 amide bonds. The summed E-state index contributed by atoms with van der Waals surface area (Å²) in [5.74, 6) is -1.70. The summed E-state index contributed by atoms with van der Waals surface area (Å²) in [6.45, 7) is 0. The highest BCUT2D eigenvalue weighted by molar-refractivity contribution is 7.63. The van der Waals surface area contributed by atoms with E-state index in [1.54, 1.807) is 0 Å². The van der Waals surface area contributed by atoms with Crippen LogP contribution < -0.4 is 0 Å². The van der Waals surface area contributed by atoms with Crippen molar-refractivity contribution in [3.05, 3.63) is 44.4 Å². The average Bonchev–Trinajstić information content (AvgIpc) is 2.82. The number of nitrogens with zero attached hydrogens (tertiary/aromatic N) is 1. The highest BCUT2D eigenvalue weighted by Gasteiger charge is 2.36. The molecule has 0 radical (unpaired) electrons. The number of benzene rings is 1. The Morgan fingerprint density at radius 1 is 1.24 bits per heavy atom. The van der Waals surface area contributed by atoms with Crippen molar-refractivity contribution >= 4 is 33.5 Å². The normalized spacial score (nSPS) is 11.7. The van der Waals surface area contributed by atoms with Gasteiger partial charge in [-0.15, -0.1) is 0 Å². The lowest BCUT2D eigenvalue weighted by Gasteiger charge is -2.14. The molecule has 0 aliphatic carbocycles. The van der Waals surface area contributed by atoms with Gasteiger partial charge in [0, 0.05) is 6.20 Å². The van der Waals surface area contributed by atoms with Crippen LogP contribution >= 0.6 is 23.2 Å². The molecule has 0 atom stereocenters.